The normalized spacial score (nSPS) is 16.9. The fourth-order valence-corrected chi connectivity index (χ4v) is 2.46. The predicted molar refractivity (Wildman–Crippen MR) is 112 cm³/mol. The molecule has 0 saturated carbocycles. The van der Waals surface area contributed by atoms with Gasteiger partial charge >= 0.3 is 34.1 Å². The van der Waals surface area contributed by atoms with Crippen molar-refractivity contribution >= 4 is 0 Å². The van der Waals surface area contributed by atoms with Crippen molar-refractivity contribution in [2.24, 2.45) is 0 Å². The number of halogens is 4. The molecule has 32 heavy (non-hydrogen) atoms. The van der Waals surface area contributed by atoms with Crippen LogP contribution in [-0.2, 0) is 34.1 Å². The van der Waals surface area contributed by atoms with E-state index in [9.17, 15) is 0 Å². The van der Waals surface area contributed by atoms with Crippen molar-refractivity contribution in [2.45, 2.75) is 25.7 Å². The summed E-state index contributed by atoms with van der Waals surface area (Å²) >= 11 is 0. The maximum atomic E-state index is 7.00. The van der Waals surface area contributed by atoms with E-state index in [4.69, 9.17) is 10.2 Å². The van der Waals surface area contributed by atoms with E-state index in [1.165, 1.54) is 25.7 Å². The molecule has 8 N–H and O–H groups in total. The Morgan fingerprint density at radius 1 is 0.312 bits per heavy atom. The molecule has 0 aromatic heterocycles. The van der Waals surface area contributed by atoms with E-state index < -0.39 is 0 Å². The van der Waals surface area contributed by atoms with E-state index in [2.05, 4.69) is 31.9 Å². The van der Waals surface area contributed by atoms with Gasteiger partial charge in [-0.15, -0.1) is 0 Å². The number of rotatable bonds is 0. The predicted octanol–water partition coefficient (Wildman–Crippen LogP) is -13.7. The zero-order chi connectivity index (χ0) is 19.6. The molecule has 0 amide bonds. The third-order valence-electron chi connectivity index (χ3n) is 3.79. The second-order valence-electron chi connectivity index (χ2n) is 5.91. The van der Waals surface area contributed by atoms with Gasteiger partial charge in [0.2, 0.25) is 0 Å². The minimum absolute atomic E-state index is 0. The molecule has 14 heteroatoms. The van der Waals surface area contributed by atoms with Crippen molar-refractivity contribution < 1.29 is 94.0 Å². The Morgan fingerprint density at radius 3 is 0.594 bits per heavy atom. The Kier molecular flexibility index (Phi) is 100. The Hall–Kier alpha value is 1.88. The van der Waals surface area contributed by atoms with Gasteiger partial charge in [-0.05, 0) is 78.0 Å². The van der Waals surface area contributed by atoms with E-state index >= 15 is 0 Å². The van der Waals surface area contributed by atoms with Gasteiger partial charge in [-0.2, -0.15) is 0 Å². The van der Waals surface area contributed by atoms with Crippen LogP contribution >= 0.6 is 0 Å². The van der Waals surface area contributed by atoms with Crippen molar-refractivity contribution in [3.63, 3.8) is 0 Å². The van der Waals surface area contributed by atoms with Gasteiger partial charge in [0, 0.05) is 40.4 Å². The fraction of sp³-hybridized carbons (Fsp3) is 1.00. The van der Waals surface area contributed by atoms with Crippen LogP contribution in [0.25, 0.3) is 0 Å². The monoisotopic (exact) mass is 628 g/mol. The summed E-state index contributed by atoms with van der Waals surface area (Å²) in [6.07, 6.45) is 5.00. The summed E-state index contributed by atoms with van der Waals surface area (Å²) in [5.74, 6) is 0. The standard InChI is InChI=1S/2C8H19N3.2CH4O.4ClH.2Mn/c2*1-3-9-4-2-6-11-8-7-10-5-1;2*1-2;;;;;;/h2*9-11H,1-8H2;2*2H,1H3;4*1H;;/q;;;;;;;;2*+2/p-4. The average Bonchev–Trinajstić information content (AvgIpc) is 2.83. The van der Waals surface area contributed by atoms with Crippen LogP contribution in [0.1, 0.15) is 25.7 Å². The van der Waals surface area contributed by atoms with Crippen LogP contribution in [0.4, 0.5) is 0 Å². The zero-order valence-corrected chi connectivity index (χ0v) is 24.9. The molecule has 0 bridgehead atoms. The smallest absolute Gasteiger partial charge is 1.00 e. The summed E-state index contributed by atoms with van der Waals surface area (Å²) in [6.45, 7) is 13.7. The molecule has 2 rings (SSSR count). The van der Waals surface area contributed by atoms with Crippen molar-refractivity contribution in [1.29, 1.82) is 0 Å². The Labute approximate surface area is 243 Å². The number of nitrogens with one attached hydrogen (secondary N) is 6. The molecule has 2 fully saturated rings. The summed E-state index contributed by atoms with van der Waals surface area (Å²) in [5, 5.41) is 34.3. The number of hydrogen-bond donors (Lipinski definition) is 8. The molecule has 202 valence electrons. The van der Waals surface area contributed by atoms with Gasteiger partial charge in [0.1, 0.15) is 0 Å². The minimum Gasteiger partial charge on any atom is -1.00 e. The zero-order valence-electron chi connectivity index (χ0n) is 19.5. The van der Waals surface area contributed by atoms with Crippen molar-refractivity contribution in [3.8, 4) is 0 Å². The van der Waals surface area contributed by atoms with Crippen molar-refractivity contribution in [2.75, 3.05) is 92.8 Å². The van der Waals surface area contributed by atoms with Gasteiger partial charge in [0.05, 0.1) is 0 Å². The fourth-order valence-electron chi connectivity index (χ4n) is 2.46. The molecular formula is C18H46Cl4Mn2N6O2. The van der Waals surface area contributed by atoms with Gasteiger partial charge in [-0.1, -0.05) is 0 Å². The molecule has 2 radical (unpaired) electrons. The van der Waals surface area contributed by atoms with Gasteiger partial charge < -0.3 is 91.7 Å². The van der Waals surface area contributed by atoms with E-state index in [1.54, 1.807) is 0 Å². The molecule has 2 aliphatic rings. The molecule has 0 aliphatic carbocycles. The van der Waals surface area contributed by atoms with E-state index in [0.29, 0.717) is 0 Å². The quantitative estimate of drug-likeness (QED) is 0.125. The number of aliphatic hydroxyl groups excluding tert-OH is 2. The Morgan fingerprint density at radius 2 is 0.438 bits per heavy atom. The maximum absolute atomic E-state index is 7.00. The summed E-state index contributed by atoms with van der Waals surface area (Å²) in [7, 11) is 2.00. The molecule has 0 unspecified atom stereocenters. The summed E-state index contributed by atoms with van der Waals surface area (Å²) in [6, 6.07) is 0. The number of aliphatic hydroxyl groups is 2. The second-order valence-corrected chi connectivity index (χ2v) is 5.91. The third kappa shape index (κ3) is 53.3. The largest absolute Gasteiger partial charge is 2.00 e. The molecule has 2 saturated heterocycles. The van der Waals surface area contributed by atoms with E-state index in [-0.39, 0.29) is 83.8 Å². The van der Waals surface area contributed by atoms with Gasteiger partial charge in [-0.25, -0.2) is 0 Å². The molecule has 0 spiro atoms. The topological polar surface area (TPSA) is 113 Å². The van der Waals surface area contributed by atoms with Gasteiger partial charge in [-0.3, -0.25) is 0 Å². The first-order valence-electron chi connectivity index (χ1n) is 10.1. The molecule has 8 nitrogen and oxygen atoms in total. The van der Waals surface area contributed by atoms with Crippen LogP contribution in [0.3, 0.4) is 0 Å². The van der Waals surface area contributed by atoms with E-state index in [1.807, 2.05) is 0 Å². The van der Waals surface area contributed by atoms with Crippen LogP contribution in [-0.4, -0.2) is 103 Å². The Bertz CT molecular complexity index is 156. The van der Waals surface area contributed by atoms with Crippen LogP contribution in [0, 0.1) is 0 Å². The van der Waals surface area contributed by atoms with Crippen LogP contribution in [0.2, 0.25) is 0 Å². The minimum atomic E-state index is 0. The maximum Gasteiger partial charge on any atom is 2.00 e. The second kappa shape index (κ2) is 58.6. The van der Waals surface area contributed by atoms with Gasteiger partial charge in [0.25, 0.3) is 0 Å². The first-order valence-corrected chi connectivity index (χ1v) is 10.1. The van der Waals surface area contributed by atoms with Crippen molar-refractivity contribution in [3.05, 3.63) is 0 Å². The van der Waals surface area contributed by atoms with E-state index in [0.717, 1.165) is 92.8 Å². The first-order chi connectivity index (χ1) is 13.0. The molecular weight excluding hydrogens is 584 g/mol. The molecule has 2 heterocycles. The van der Waals surface area contributed by atoms with Crippen molar-refractivity contribution in [1.82, 2.24) is 31.9 Å². The SMILES string of the molecule is C1CNCCCNCCNC1.C1CNCCCNCCNC1.CO.CO.[Cl-].[Cl-].[Cl-].[Cl-].[Mn+2].[Mn+2]. The molecule has 2 aliphatic heterocycles. The first kappa shape index (κ1) is 54.7. The van der Waals surface area contributed by atoms with Crippen LogP contribution in [0.5, 0.6) is 0 Å². The third-order valence-corrected chi connectivity index (χ3v) is 3.79. The van der Waals surface area contributed by atoms with Crippen LogP contribution in [0.15, 0.2) is 0 Å². The van der Waals surface area contributed by atoms with Crippen LogP contribution < -0.4 is 81.5 Å². The molecule has 0 atom stereocenters. The molecule has 0 aromatic carbocycles. The summed E-state index contributed by atoms with van der Waals surface area (Å²) < 4.78 is 0. The Balaban J connectivity index is -0.0000000446. The summed E-state index contributed by atoms with van der Waals surface area (Å²) in [5.41, 5.74) is 0. The molecule has 0 aromatic rings. The average molecular weight is 630 g/mol. The van der Waals surface area contributed by atoms with Gasteiger partial charge in [0.15, 0.2) is 0 Å². The summed E-state index contributed by atoms with van der Waals surface area (Å²) in [4.78, 5) is 0. The number of hydrogen-bond acceptors (Lipinski definition) is 8.